The van der Waals surface area contributed by atoms with Gasteiger partial charge >= 0.3 is 0 Å². The summed E-state index contributed by atoms with van der Waals surface area (Å²) < 4.78 is 2.25. The first-order valence-corrected chi connectivity index (χ1v) is 6.30. The van der Waals surface area contributed by atoms with E-state index in [-0.39, 0.29) is 0 Å². The summed E-state index contributed by atoms with van der Waals surface area (Å²) in [5.41, 5.74) is 1.25. The molecule has 0 unspecified atom stereocenters. The Bertz CT molecular complexity index is 371. The second-order valence-electron chi connectivity index (χ2n) is 4.78. The van der Waals surface area contributed by atoms with Gasteiger partial charge in [-0.1, -0.05) is 13.8 Å². The number of hydrogen-bond donors (Lipinski definition) is 1. The summed E-state index contributed by atoms with van der Waals surface area (Å²) in [4.78, 5) is 4.36. The summed E-state index contributed by atoms with van der Waals surface area (Å²) in [5.74, 6) is 4.43. The van der Waals surface area contributed by atoms with E-state index >= 15 is 0 Å². The highest BCUT2D eigenvalue weighted by molar-refractivity contribution is 5.04. The van der Waals surface area contributed by atoms with Crippen LogP contribution in [0.25, 0.3) is 0 Å². The van der Waals surface area contributed by atoms with Crippen molar-refractivity contribution in [1.82, 2.24) is 14.9 Å². The van der Waals surface area contributed by atoms with Gasteiger partial charge in [-0.2, -0.15) is 0 Å². The van der Waals surface area contributed by atoms with E-state index in [1.54, 1.807) is 0 Å². The van der Waals surface area contributed by atoms with Crippen LogP contribution in [-0.4, -0.2) is 16.1 Å². The Hall–Kier alpha value is -1.27. The number of nitrogens with one attached hydrogen (secondary N) is 1. The summed E-state index contributed by atoms with van der Waals surface area (Å²) in [6.07, 6.45) is 9.08. The van der Waals surface area contributed by atoms with Crippen molar-refractivity contribution in [2.75, 3.05) is 6.54 Å². The van der Waals surface area contributed by atoms with Gasteiger partial charge in [0.2, 0.25) is 0 Å². The number of rotatable bonds is 7. The fourth-order valence-electron chi connectivity index (χ4n) is 1.79. The Morgan fingerprint density at radius 2 is 2.29 bits per heavy atom. The summed E-state index contributed by atoms with van der Waals surface area (Å²) in [6.45, 7) is 9.35. The molecule has 1 aromatic rings. The van der Waals surface area contributed by atoms with E-state index in [4.69, 9.17) is 6.42 Å². The van der Waals surface area contributed by atoms with Gasteiger partial charge < -0.3 is 9.88 Å². The van der Waals surface area contributed by atoms with Crippen molar-refractivity contribution >= 4 is 0 Å². The van der Waals surface area contributed by atoms with Crippen molar-refractivity contribution in [3.8, 4) is 12.3 Å². The van der Waals surface area contributed by atoms with Gasteiger partial charge in [0, 0.05) is 25.7 Å². The van der Waals surface area contributed by atoms with E-state index in [0.29, 0.717) is 5.92 Å². The monoisotopic (exact) mass is 233 g/mol. The van der Waals surface area contributed by atoms with Gasteiger partial charge in [0.1, 0.15) is 5.82 Å². The van der Waals surface area contributed by atoms with Crippen LogP contribution in [0.2, 0.25) is 0 Å². The Labute approximate surface area is 105 Å². The molecule has 0 aromatic carbocycles. The first kappa shape index (κ1) is 13.8. The average molecular weight is 233 g/mol. The van der Waals surface area contributed by atoms with Gasteiger partial charge in [-0.25, -0.2) is 4.98 Å². The molecule has 0 radical (unpaired) electrons. The molecule has 0 bridgehead atoms. The van der Waals surface area contributed by atoms with Crippen molar-refractivity contribution in [2.45, 2.75) is 46.7 Å². The molecule has 3 nitrogen and oxygen atoms in total. The zero-order valence-electron chi connectivity index (χ0n) is 11.2. The van der Waals surface area contributed by atoms with E-state index in [1.165, 1.54) is 5.69 Å². The number of unbranched alkanes of at least 4 members (excludes halogenated alkanes) is 1. The third-order valence-electron chi connectivity index (χ3n) is 2.70. The van der Waals surface area contributed by atoms with E-state index in [1.807, 2.05) is 13.1 Å². The van der Waals surface area contributed by atoms with Gasteiger partial charge in [-0.3, -0.25) is 0 Å². The van der Waals surface area contributed by atoms with E-state index in [2.05, 4.69) is 34.6 Å². The maximum atomic E-state index is 5.27. The van der Waals surface area contributed by atoms with Gasteiger partial charge in [0.25, 0.3) is 0 Å². The van der Waals surface area contributed by atoms with Gasteiger partial charge in [-0.05, 0) is 25.8 Å². The van der Waals surface area contributed by atoms with E-state index < -0.39 is 0 Å². The van der Waals surface area contributed by atoms with Crippen LogP contribution in [0.3, 0.4) is 0 Å². The highest BCUT2D eigenvalue weighted by atomic mass is 15.1. The quantitative estimate of drug-likeness (QED) is 0.579. The van der Waals surface area contributed by atoms with Gasteiger partial charge in [0.15, 0.2) is 0 Å². The topological polar surface area (TPSA) is 29.9 Å². The second kappa shape index (κ2) is 7.13. The molecule has 0 atom stereocenters. The molecule has 0 aliphatic carbocycles. The highest BCUT2D eigenvalue weighted by Crippen LogP contribution is 2.07. The number of aromatic nitrogens is 2. The predicted molar refractivity (Wildman–Crippen MR) is 71.6 cm³/mol. The SMILES string of the molecule is C#CCCCn1c(CNCC(C)C)cnc1C. The zero-order chi connectivity index (χ0) is 12.7. The van der Waals surface area contributed by atoms with Crippen LogP contribution >= 0.6 is 0 Å². The largest absolute Gasteiger partial charge is 0.331 e. The van der Waals surface area contributed by atoms with Crippen molar-refractivity contribution in [2.24, 2.45) is 5.92 Å². The minimum absolute atomic E-state index is 0.675. The average Bonchev–Trinajstić information content (AvgIpc) is 2.61. The van der Waals surface area contributed by atoms with Crippen LogP contribution in [0.5, 0.6) is 0 Å². The van der Waals surface area contributed by atoms with Crippen molar-refractivity contribution < 1.29 is 0 Å². The number of aryl methyl sites for hydroxylation is 1. The van der Waals surface area contributed by atoms with Crippen LogP contribution in [0.15, 0.2) is 6.20 Å². The molecule has 0 aliphatic heterocycles. The van der Waals surface area contributed by atoms with E-state index in [9.17, 15) is 0 Å². The molecule has 94 valence electrons. The van der Waals surface area contributed by atoms with Crippen molar-refractivity contribution in [3.63, 3.8) is 0 Å². The van der Waals surface area contributed by atoms with Crippen molar-refractivity contribution in [1.29, 1.82) is 0 Å². The first-order chi connectivity index (χ1) is 8.15. The lowest BCUT2D eigenvalue weighted by Crippen LogP contribution is -2.21. The number of nitrogens with zero attached hydrogens (tertiary/aromatic N) is 2. The minimum Gasteiger partial charge on any atom is -0.331 e. The lowest BCUT2D eigenvalue weighted by Gasteiger charge is -2.11. The third kappa shape index (κ3) is 4.62. The first-order valence-electron chi connectivity index (χ1n) is 6.30. The fourth-order valence-corrected chi connectivity index (χ4v) is 1.79. The number of hydrogen-bond acceptors (Lipinski definition) is 2. The molecular formula is C14H23N3. The molecule has 1 heterocycles. The maximum Gasteiger partial charge on any atom is 0.105 e. The predicted octanol–water partition coefficient (Wildman–Crippen LogP) is 2.35. The molecule has 0 saturated heterocycles. The van der Waals surface area contributed by atoms with Crippen LogP contribution in [-0.2, 0) is 13.1 Å². The second-order valence-corrected chi connectivity index (χ2v) is 4.78. The van der Waals surface area contributed by atoms with Crippen LogP contribution < -0.4 is 5.32 Å². The van der Waals surface area contributed by atoms with Gasteiger partial charge in [0.05, 0.1) is 5.69 Å². The Morgan fingerprint density at radius 1 is 1.53 bits per heavy atom. The molecular weight excluding hydrogens is 210 g/mol. The molecule has 0 saturated carbocycles. The molecule has 0 fully saturated rings. The van der Waals surface area contributed by atoms with Crippen LogP contribution in [0.4, 0.5) is 0 Å². The molecule has 1 N–H and O–H groups in total. The zero-order valence-corrected chi connectivity index (χ0v) is 11.2. The number of imidazole rings is 1. The maximum absolute atomic E-state index is 5.27. The highest BCUT2D eigenvalue weighted by Gasteiger charge is 2.05. The van der Waals surface area contributed by atoms with E-state index in [0.717, 1.165) is 38.3 Å². The number of terminal acetylenes is 1. The van der Waals surface area contributed by atoms with Crippen LogP contribution in [0, 0.1) is 25.2 Å². The normalized spacial score (nSPS) is 10.8. The molecule has 17 heavy (non-hydrogen) atoms. The molecule has 0 aliphatic rings. The molecule has 3 heteroatoms. The molecule has 0 spiro atoms. The Kier molecular flexibility index (Phi) is 5.79. The summed E-state index contributed by atoms with van der Waals surface area (Å²) in [5, 5.41) is 3.44. The Morgan fingerprint density at radius 3 is 2.94 bits per heavy atom. The molecule has 1 aromatic heterocycles. The molecule has 1 rings (SSSR count). The Balaban J connectivity index is 2.50. The summed E-state index contributed by atoms with van der Waals surface area (Å²) >= 11 is 0. The van der Waals surface area contributed by atoms with Gasteiger partial charge in [-0.15, -0.1) is 12.3 Å². The standard InChI is InChI=1S/C14H23N3/c1-5-6-7-8-17-13(4)16-11-14(17)10-15-9-12(2)3/h1,11-12,15H,6-10H2,2-4H3. The third-order valence-corrected chi connectivity index (χ3v) is 2.70. The lowest BCUT2D eigenvalue weighted by molar-refractivity contribution is 0.527. The minimum atomic E-state index is 0.675. The smallest absolute Gasteiger partial charge is 0.105 e. The fraction of sp³-hybridized carbons (Fsp3) is 0.643. The summed E-state index contributed by atoms with van der Waals surface area (Å²) in [7, 11) is 0. The van der Waals surface area contributed by atoms with Crippen LogP contribution in [0.1, 0.15) is 38.2 Å². The molecule has 0 amide bonds. The summed E-state index contributed by atoms with van der Waals surface area (Å²) in [6, 6.07) is 0. The van der Waals surface area contributed by atoms with Crippen molar-refractivity contribution in [3.05, 3.63) is 17.7 Å². The lowest BCUT2D eigenvalue weighted by atomic mass is 10.2.